The van der Waals surface area contributed by atoms with Crippen molar-refractivity contribution in [2.45, 2.75) is 13.0 Å². The van der Waals surface area contributed by atoms with Crippen LogP contribution in [0.3, 0.4) is 0 Å². The van der Waals surface area contributed by atoms with Gasteiger partial charge in [-0.2, -0.15) is 11.3 Å². The second kappa shape index (κ2) is 7.69. The van der Waals surface area contributed by atoms with E-state index < -0.39 is 0 Å². The van der Waals surface area contributed by atoms with Gasteiger partial charge in [0.2, 0.25) is 0 Å². The van der Waals surface area contributed by atoms with Crippen LogP contribution in [0, 0.1) is 0 Å². The molecular formula is C14H20N2S2. The van der Waals surface area contributed by atoms with E-state index in [1.165, 1.54) is 10.4 Å². The Morgan fingerprint density at radius 1 is 1.22 bits per heavy atom. The van der Waals surface area contributed by atoms with Crippen LogP contribution in [-0.2, 0) is 13.0 Å². The number of likely N-dealkylation sites (N-methyl/N-ethyl adjacent to an activating group) is 1. The van der Waals surface area contributed by atoms with Crippen LogP contribution >= 0.6 is 22.7 Å². The Kier molecular flexibility index (Phi) is 5.87. The summed E-state index contributed by atoms with van der Waals surface area (Å²) in [4.78, 5) is 3.81. The first kappa shape index (κ1) is 13.7. The molecule has 0 aliphatic carbocycles. The fraction of sp³-hybridized carbons (Fsp3) is 0.429. The highest BCUT2D eigenvalue weighted by Crippen LogP contribution is 2.10. The van der Waals surface area contributed by atoms with Gasteiger partial charge in [0, 0.05) is 24.5 Å². The molecule has 0 aliphatic rings. The first-order valence-electron chi connectivity index (χ1n) is 6.27. The number of thiophene rings is 2. The van der Waals surface area contributed by atoms with Gasteiger partial charge in [0.15, 0.2) is 0 Å². The van der Waals surface area contributed by atoms with Gasteiger partial charge < -0.3 is 10.2 Å². The highest BCUT2D eigenvalue weighted by atomic mass is 32.1. The zero-order chi connectivity index (χ0) is 12.6. The third kappa shape index (κ3) is 4.90. The van der Waals surface area contributed by atoms with Crippen LogP contribution in [0.15, 0.2) is 34.3 Å². The van der Waals surface area contributed by atoms with Crippen LogP contribution in [0.25, 0.3) is 0 Å². The third-order valence-electron chi connectivity index (χ3n) is 2.85. The fourth-order valence-electron chi connectivity index (χ4n) is 1.81. The molecule has 2 heterocycles. The Hall–Kier alpha value is -0.680. The maximum atomic E-state index is 3.50. The van der Waals surface area contributed by atoms with Gasteiger partial charge in [0.05, 0.1) is 0 Å². The highest BCUT2D eigenvalue weighted by Gasteiger charge is 2.00. The summed E-state index contributed by atoms with van der Waals surface area (Å²) in [5.74, 6) is 0. The van der Waals surface area contributed by atoms with Crippen LogP contribution in [0.5, 0.6) is 0 Å². The summed E-state index contributed by atoms with van der Waals surface area (Å²) >= 11 is 3.61. The van der Waals surface area contributed by atoms with Crippen molar-refractivity contribution in [3.05, 3.63) is 44.8 Å². The fourth-order valence-corrected chi connectivity index (χ4v) is 3.30. The van der Waals surface area contributed by atoms with E-state index in [1.807, 2.05) is 11.3 Å². The molecule has 0 saturated heterocycles. The largest absolute Gasteiger partial charge is 0.315 e. The number of hydrogen-bond acceptors (Lipinski definition) is 4. The molecule has 2 aromatic rings. The van der Waals surface area contributed by atoms with Gasteiger partial charge in [-0.15, -0.1) is 11.3 Å². The summed E-state index contributed by atoms with van der Waals surface area (Å²) in [6.45, 7) is 4.29. The molecule has 0 radical (unpaired) electrons. The Labute approximate surface area is 117 Å². The molecule has 0 bridgehead atoms. The monoisotopic (exact) mass is 280 g/mol. The van der Waals surface area contributed by atoms with Crippen molar-refractivity contribution in [2.24, 2.45) is 0 Å². The van der Waals surface area contributed by atoms with Crippen molar-refractivity contribution < 1.29 is 0 Å². The molecule has 0 amide bonds. The van der Waals surface area contributed by atoms with Crippen LogP contribution in [0.2, 0.25) is 0 Å². The van der Waals surface area contributed by atoms with E-state index >= 15 is 0 Å². The molecule has 0 atom stereocenters. The van der Waals surface area contributed by atoms with Crippen molar-refractivity contribution in [3.63, 3.8) is 0 Å². The molecule has 2 aromatic heterocycles. The molecule has 18 heavy (non-hydrogen) atoms. The van der Waals surface area contributed by atoms with Gasteiger partial charge in [-0.05, 0) is 53.8 Å². The zero-order valence-electron chi connectivity index (χ0n) is 10.8. The summed E-state index contributed by atoms with van der Waals surface area (Å²) in [5.41, 5.74) is 1.44. The van der Waals surface area contributed by atoms with Crippen LogP contribution in [-0.4, -0.2) is 31.6 Å². The Balaban J connectivity index is 1.52. The smallest absolute Gasteiger partial charge is 0.0325 e. The van der Waals surface area contributed by atoms with E-state index in [9.17, 15) is 0 Å². The molecule has 2 rings (SSSR count). The minimum absolute atomic E-state index is 1.06. The molecule has 98 valence electrons. The van der Waals surface area contributed by atoms with Crippen LogP contribution in [0.4, 0.5) is 0 Å². The molecule has 0 saturated carbocycles. The SMILES string of the molecule is CN(CCNCCc1ccsc1)Cc1cccs1. The van der Waals surface area contributed by atoms with Gasteiger partial charge in [0.25, 0.3) is 0 Å². The van der Waals surface area contributed by atoms with E-state index in [-0.39, 0.29) is 0 Å². The lowest BCUT2D eigenvalue weighted by atomic mass is 10.2. The molecule has 2 nitrogen and oxygen atoms in total. The van der Waals surface area contributed by atoms with Crippen LogP contribution < -0.4 is 5.32 Å². The maximum absolute atomic E-state index is 3.50. The first-order valence-corrected chi connectivity index (χ1v) is 8.09. The molecule has 0 spiro atoms. The Morgan fingerprint density at radius 3 is 2.89 bits per heavy atom. The Bertz CT molecular complexity index is 409. The van der Waals surface area contributed by atoms with Gasteiger partial charge >= 0.3 is 0 Å². The van der Waals surface area contributed by atoms with Crippen molar-refractivity contribution in [2.75, 3.05) is 26.7 Å². The number of nitrogens with zero attached hydrogens (tertiary/aromatic N) is 1. The molecule has 0 fully saturated rings. The van der Waals surface area contributed by atoms with Gasteiger partial charge in [-0.1, -0.05) is 6.07 Å². The van der Waals surface area contributed by atoms with E-state index in [4.69, 9.17) is 0 Å². The molecular weight excluding hydrogens is 260 g/mol. The van der Waals surface area contributed by atoms with Gasteiger partial charge in [-0.25, -0.2) is 0 Å². The second-order valence-corrected chi connectivity index (χ2v) is 6.26. The highest BCUT2D eigenvalue weighted by molar-refractivity contribution is 7.09. The maximum Gasteiger partial charge on any atom is 0.0325 e. The topological polar surface area (TPSA) is 15.3 Å². The predicted molar refractivity (Wildman–Crippen MR) is 81.5 cm³/mol. The average Bonchev–Trinajstić information content (AvgIpc) is 3.01. The minimum Gasteiger partial charge on any atom is -0.315 e. The van der Waals surface area contributed by atoms with Crippen molar-refractivity contribution in [3.8, 4) is 0 Å². The lowest BCUT2D eigenvalue weighted by Crippen LogP contribution is -2.29. The van der Waals surface area contributed by atoms with E-state index in [0.29, 0.717) is 0 Å². The number of rotatable bonds is 8. The standard InChI is InChI=1S/C14H20N2S2/c1-16(11-14-3-2-9-18-14)8-7-15-6-4-13-5-10-17-12-13/h2-3,5,9-10,12,15H,4,6-8,11H2,1H3. The third-order valence-corrected chi connectivity index (χ3v) is 4.44. The average molecular weight is 280 g/mol. The molecule has 0 aliphatic heterocycles. The second-order valence-electron chi connectivity index (χ2n) is 4.45. The molecule has 0 unspecified atom stereocenters. The van der Waals surface area contributed by atoms with Crippen molar-refractivity contribution in [1.82, 2.24) is 10.2 Å². The Morgan fingerprint density at radius 2 is 2.17 bits per heavy atom. The summed E-state index contributed by atoms with van der Waals surface area (Å²) in [6.07, 6.45) is 1.14. The molecule has 0 aromatic carbocycles. The lowest BCUT2D eigenvalue weighted by Gasteiger charge is -2.15. The van der Waals surface area contributed by atoms with Gasteiger partial charge in [0.1, 0.15) is 0 Å². The van der Waals surface area contributed by atoms with E-state index in [1.54, 1.807) is 11.3 Å². The summed E-state index contributed by atoms with van der Waals surface area (Å²) < 4.78 is 0. The first-order chi connectivity index (χ1) is 8.84. The zero-order valence-corrected chi connectivity index (χ0v) is 12.4. The van der Waals surface area contributed by atoms with Gasteiger partial charge in [-0.3, -0.25) is 0 Å². The quantitative estimate of drug-likeness (QED) is 0.748. The number of hydrogen-bond donors (Lipinski definition) is 1. The minimum atomic E-state index is 1.06. The molecule has 4 heteroatoms. The summed E-state index contributed by atoms with van der Waals surface area (Å²) in [6, 6.07) is 6.52. The predicted octanol–water partition coefficient (Wildman–Crippen LogP) is 3.07. The van der Waals surface area contributed by atoms with Crippen LogP contribution in [0.1, 0.15) is 10.4 Å². The molecule has 1 N–H and O–H groups in total. The lowest BCUT2D eigenvalue weighted by molar-refractivity contribution is 0.327. The number of nitrogens with one attached hydrogen (secondary N) is 1. The van der Waals surface area contributed by atoms with Crippen molar-refractivity contribution >= 4 is 22.7 Å². The van der Waals surface area contributed by atoms with E-state index in [0.717, 1.165) is 32.6 Å². The summed E-state index contributed by atoms with van der Waals surface area (Å²) in [5, 5.41) is 10.0. The van der Waals surface area contributed by atoms with Crippen molar-refractivity contribution in [1.29, 1.82) is 0 Å². The van der Waals surface area contributed by atoms with E-state index in [2.05, 4.69) is 51.6 Å². The summed E-state index contributed by atoms with van der Waals surface area (Å²) in [7, 11) is 2.18. The normalized spacial score (nSPS) is 11.2.